The molecule has 0 bridgehead atoms. The van der Waals surface area contributed by atoms with Crippen LogP contribution in [0.4, 0.5) is 0 Å². The Bertz CT molecular complexity index is 356. The monoisotopic (exact) mass is 239 g/mol. The second kappa shape index (κ2) is 5.15. The zero-order valence-corrected chi connectivity index (χ0v) is 10.3. The standard InChI is InChI=1S/C13H18ClNO/c1-9-3-2-4-10(7-9)13(16)11-5-6-15-12(14)8-11/h5-6,8-10,13,16H,2-4,7H2,1H3. The molecule has 0 amide bonds. The molecule has 1 N–H and O–H groups in total. The molecule has 3 atom stereocenters. The SMILES string of the molecule is CC1CCCC(C(O)c2ccnc(Cl)c2)C1. The molecule has 1 heterocycles. The average Bonchev–Trinajstić information content (AvgIpc) is 2.28. The highest BCUT2D eigenvalue weighted by molar-refractivity contribution is 6.29. The number of aliphatic hydroxyl groups excluding tert-OH is 1. The van der Waals surface area contributed by atoms with Crippen LogP contribution in [0.25, 0.3) is 0 Å². The number of aromatic nitrogens is 1. The minimum absolute atomic E-state index is 0.377. The summed E-state index contributed by atoms with van der Waals surface area (Å²) in [7, 11) is 0. The van der Waals surface area contributed by atoms with Gasteiger partial charge in [0.05, 0.1) is 6.10 Å². The van der Waals surface area contributed by atoms with E-state index >= 15 is 0 Å². The third-order valence-corrected chi connectivity index (χ3v) is 3.72. The van der Waals surface area contributed by atoms with Crippen molar-refractivity contribution in [3.63, 3.8) is 0 Å². The average molecular weight is 240 g/mol. The Morgan fingerprint density at radius 3 is 3.00 bits per heavy atom. The highest BCUT2D eigenvalue weighted by Gasteiger charge is 2.26. The first-order chi connectivity index (χ1) is 7.66. The van der Waals surface area contributed by atoms with Gasteiger partial charge in [0.1, 0.15) is 5.15 Å². The van der Waals surface area contributed by atoms with Gasteiger partial charge in [-0.3, -0.25) is 0 Å². The fourth-order valence-corrected chi connectivity index (χ4v) is 2.82. The maximum Gasteiger partial charge on any atom is 0.129 e. The van der Waals surface area contributed by atoms with Crippen molar-refractivity contribution in [1.29, 1.82) is 0 Å². The number of pyridine rings is 1. The molecule has 0 saturated heterocycles. The minimum Gasteiger partial charge on any atom is -0.388 e. The van der Waals surface area contributed by atoms with E-state index in [0.717, 1.165) is 24.3 Å². The van der Waals surface area contributed by atoms with Crippen molar-refractivity contribution in [1.82, 2.24) is 4.98 Å². The van der Waals surface area contributed by atoms with Crippen LogP contribution in [0.2, 0.25) is 5.15 Å². The Balaban J connectivity index is 2.09. The number of hydrogen-bond acceptors (Lipinski definition) is 2. The lowest BCUT2D eigenvalue weighted by atomic mass is 9.78. The van der Waals surface area contributed by atoms with Gasteiger partial charge in [-0.1, -0.05) is 31.4 Å². The molecule has 16 heavy (non-hydrogen) atoms. The Morgan fingerprint density at radius 2 is 2.31 bits per heavy atom. The van der Waals surface area contributed by atoms with E-state index in [4.69, 9.17) is 11.6 Å². The summed E-state index contributed by atoms with van der Waals surface area (Å²) in [4.78, 5) is 3.94. The van der Waals surface area contributed by atoms with Crippen molar-refractivity contribution in [2.45, 2.75) is 38.7 Å². The largest absolute Gasteiger partial charge is 0.388 e. The van der Waals surface area contributed by atoms with E-state index in [-0.39, 0.29) is 6.10 Å². The van der Waals surface area contributed by atoms with Crippen molar-refractivity contribution < 1.29 is 5.11 Å². The number of hydrogen-bond donors (Lipinski definition) is 1. The summed E-state index contributed by atoms with van der Waals surface area (Å²) in [6.07, 6.45) is 6.02. The molecule has 1 aromatic rings. The molecule has 0 spiro atoms. The summed E-state index contributed by atoms with van der Waals surface area (Å²) in [5, 5.41) is 10.8. The van der Waals surface area contributed by atoms with Crippen molar-refractivity contribution in [3.05, 3.63) is 29.0 Å². The second-order valence-corrected chi connectivity index (χ2v) is 5.28. The van der Waals surface area contributed by atoms with Crippen LogP contribution in [-0.2, 0) is 0 Å². The van der Waals surface area contributed by atoms with Crippen LogP contribution in [0.15, 0.2) is 18.3 Å². The van der Waals surface area contributed by atoms with Crippen molar-refractivity contribution in [2.75, 3.05) is 0 Å². The molecule has 0 radical (unpaired) electrons. The molecule has 2 rings (SSSR count). The lowest BCUT2D eigenvalue weighted by molar-refractivity contribution is 0.0713. The Hall–Kier alpha value is -0.600. The number of halogens is 1. The first-order valence-corrected chi connectivity index (χ1v) is 6.34. The molecule has 1 aliphatic rings. The molecule has 1 fully saturated rings. The van der Waals surface area contributed by atoms with Crippen LogP contribution in [0.1, 0.15) is 44.3 Å². The topological polar surface area (TPSA) is 33.1 Å². The van der Waals surface area contributed by atoms with Gasteiger partial charge in [0.2, 0.25) is 0 Å². The quantitative estimate of drug-likeness (QED) is 0.800. The van der Waals surface area contributed by atoms with Gasteiger partial charge in [0.15, 0.2) is 0 Å². The normalized spacial score (nSPS) is 27.7. The van der Waals surface area contributed by atoms with Crippen molar-refractivity contribution in [2.24, 2.45) is 11.8 Å². The van der Waals surface area contributed by atoms with Gasteiger partial charge in [-0.05, 0) is 42.4 Å². The van der Waals surface area contributed by atoms with E-state index in [9.17, 15) is 5.11 Å². The van der Waals surface area contributed by atoms with Crippen LogP contribution in [0.5, 0.6) is 0 Å². The van der Waals surface area contributed by atoms with E-state index in [2.05, 4.69) is 11.9 Å². The van der Waals surface area contributed by atoms with E-state index in [1.54, 1.807) is 12.3 Å². The maximum atomic E-state index is 10.3. The Kier molecular flexibility index (Phi) is 3.82. The molecule has 3 unspecified atom stereocenters. The van der Waals surface area contributed by atoms with Gasteiger partial charge in [-0.15, -0.1) is 0 Å². The molecule has 88 valence electrons. The van der Waals surface area contributed by atoms with Gasteiger partial charge >= 0.3 is 0 Å². The van der Waals surface area contributed by atoms with Gasteiger partial charge in [0.25, 0.3) is 0 Å². The van der Waals surface area contributed by atoms with Crippen LogP contribution in [0, 0.1) is 11.8 Å². The van der Waals surface area contributed by atoms with Crippen molar-refractivity contribution >= 4 is 11.6 Å². The summed E-state index contributed by atoms with van der Waals surface area (Å²) in [6, 6.07) is 3.63. The van der Waals surface area contributed by atoms with Crippen LogP contribution < -0.4 is 0 Å². The fourth-order valence-electron chi connectivity index (χ4n) is 2.64. The van der Waals surface area contributed by atoms with Crippen LogP contribution in [0.3, 0.4) is 0 Å². The van der Waals surface area contributed by atoms with Gasteiger partial charge in [-0.25, -0.2) is 4.98 Å². The first kappa shape index (κ1) is 11.9. The second-order valence-electron chi connectivity index (χ2n) is 4.89. The predicted molar refractivity (Wildman–Crippen MR) is 65.3 cm³/mol. The maximum absolute atomic E-state index is 10.3. The fraction of sp³-hybridized carbons (Fsp3) is 0.615. The number of aliphatic hydroxyl groups is 1. The zero-order chi connectivity index (χ0) is 11.5. The Labute approximate surface area is 102 Å². The van der Waals surface area contributed by atoms with E-state index in [0.29, 0.717) is 11.1 Å². The molecule has 0 aliphatic heterocycles. The number of nitrogens with zero attached hydrogens (tertiary/aromatic N) is 1. The highest BCUT2D eigenvalue weighted by atomic mass is 35.5. The summed E-state index contributed by atoms with van der Waals surface area (Å²) >= 11 is 5.83. The van der Waals surface area contributed by atoms with E-state index < -0.39 is 0 Å². The lowest BCUT2D eigenvalue weighted by Gasteiger charge is -2.30. The summed E-state index contributed by atoms with van der Waals surface area (Å²) in [5.41, 5.74) is 0.902. The Morgan fingerprint density at radius 1 is 1.50 bits per heavy atom. The highest BCUT2D eigenvalue weighted by Crippen LogP contribution is 2.37. The molecular weight excluding hydrogens is 222 g/mol. The van der Waals surface area contributed by atoms with Gasteiger partial charge in [0, 0.05) is 6.20 Å². The molecule has 1 aliphatic carbocycles. The van der Waals surface area contributed by atoms with Crippen LogP contribution in [-0.4, -0.2) is 10.1 Å². The first-order valence-electron chi connectivity index (χ1n) is 5.96. The third kappa shape index (κ3) is 2.74. The van der Waals surface area contributed by atoms with Gasteiger partial charge in [-0.2, -0.15) is 0 Å². The summed E-state index contributed by atoms with van der Waals surface area (Å²) < 4.78 is 0. The number of rotatable bonds is 2. The van der Waals surface area contributed by atoms with Crippen LogP contribution >= 0.6 is 11.6 Å². The smallest absolute Gasteiger partial charge is 0.129 e. The molecule has 3 heteroatoms. The summed E-state index contributed by atoms with van der Waals surface area (Å²) in [5.74, 6) is 1.10. The lowest BCUT2D eigenvalue weighted by Crippen LogP contribution is -2.20. The van der Waals surface area contributed by atoms with Crippen molar-refractivity contribution in [3.8, 4) is 0 Å². The molecule has 2 nitrogen and oxygen atoms in total. The van der Waals surface area contributed by atoms with Gasteiger partial charge < -0.3 is 5.11 Å². The third-order valence-electron chi connectivity index (χ3n) is 3.52. The molecule has 0 aromatic carbocycles. The predicted octanol–water partition coefficient (Wildman–Crippen LogP) is 3.59. The molecular formula is C13H18ClNO. The van der Waals surface area contributed by atoms with E-state index in [1.807, 2.05) is 6.07 Å². The molecule has 1 saturated carbocycles. The summed E-state index contributed by atoms with van der Waals surface area (Å²) in [6.45, 7) is 2.26. The molecule has 1 aromatic heterocycles. The van der Waals surface area contributed by atoms with E-state index in [1.165, 1.54) is 12.8 Å². The zero-order valence-electron chi connectivity index (χ0n) is 9.56. The minimum atomic E-state index is -0.386.